The van der Waals surface area contributed by atoms with Crippen LogP contribution >= 0.6 is 34.8 Å². The van der Waals surface area contributed by atoms with Gasteiger partial charge in [0, 0.05) is 12.5 Å². The highest BCUT2D eigenvalue weighted by Gasteiger charge is 2.15. The van der Waals surface area contributed by atoms with Gasteiger partial charge in [-0.3, -0.25) is 10.2 Å². The molecule has 10 heteroatoms. The first-order valence-electron chi connectivity index (χ1n) is 7.10. The lowest BCUT2D eigenvalue weighted by atomic mass is 10.2. The summed E-state index contributed by atoms with van der Waals surface area (Å²) < 4.78 is 15.6. The Kier molecular flexibility index (Phi) is 6.90. The van der Waals surface area contributed by atoms with Crippen LogP contribution in [-0.4, -0.2) is 31.4 Å². The van der Waals surface area contributed by atoms with E-state index in [1.165, 1.54) is 33.4 Å². The molecule has 0 saturated heterocycles. The molecule has 0 aliphatic heterocycles. The largest absolute Gasteiger partial charge is 0.493 e. The summed E-state index contributed by atoms with van der Waals surface area (Å²) in [6.45, 7) is 1.28. The Balaban J connectivity index is 2.27. The molecule has 7 nitrogen and oxygen atoms in total. The van der Waals surface area contributed by atoms with Crippen LogP contribution < -0.4 is 19.6 Å². The average molecular weight is 419 g/mol. The topological polar surface area (TPSA) is 82.0 Å². The zero-order valence-electron chi connectivity index (χ0n) is 14.0. The Labute approximate surface area is 164 Å². The van der Waals surface area contributed by atoms with Gasteiger partial charge in [-0.2, -0.15) is 5.10 Å². The van der Waals surface area contributed by atoms with Crippen molar-refractivity contribution in [1.29, 1.82) is 0 Å². The van der Waals surface area contributed by atoms with Crippen LogP contribution in [0.15, 0.2) is 23.3 Å². The number of hydrogen-bond acceptors (Lipinski definition) is 7. The SMILES string of the molecule is COc1cc(C=NNc2nc(Cl)c(Cl)cc2Cl)cc(OC)c1OC(C)=O. The van der Waals surface area contributed by atoms with E-state index in [1.54, 1.807) is 12.1 Å². The Morgan fingerprint density at radius 3 is 2.27 bits per heavy atom. The maximum Gasteiger partial charge on any atom is 0.308 e. The number of ether oxygens (including phenoxy) is 3. The maximum atomic E-state index is 11.2. The molecule has 1 N–H and O–H groups in total. The molecule has 0 bridgehead atoms. The van der Waals surface area contributed by atoms with Gasteiger partial charge in [0.1, 0.15) is 5.15 Å². The normalized spacial score (nSPS) is 10.7. The first kappa shape index (κ1) is 20.1. The maximum absolute atomic E-state index is 11.2. The van der Waals surface area contributed by atoms with Crippen molar-refractivity contribution >= 4 is 52.8 Å². The van der Waals surface area contributed by atoms with E-state index in [4.69, 9.17) is 49.0 Å². The molecule has 0 aliphatic carbocycles. The first-order valence-corrected chi connectivity index (χ1v) is 8.24. The van der Waals surface area contributed by atoms with Gasteiger partial charge in [0.15, 0.2) is 17.3 Å². The summed E-state index contributed by atoms with van der Waals surface area (Å²) in [5, 5.41) is 4.64. The van der Waals surface area contributed by atoms with Crippen molar-refractivity contribution < 1.29 is 19.0 Å². The van der Waals surface area contributed by atoms with Gasteiger partial charge >= 0.3 is 5.97 Å². The van der Waals surface area contributed by atoms with Crippen LogP contribution in [-0.2, 0) is 4.79 Å². The summed E-state index contributed by atoms with van der Waals surface area (Å²) in [6.07, 6.45) is 1.48. The number of hydrazone groups is 1. The van der Waals surface area contributed by atoms with Crippen molar-refractivity contribution in [3.8, 4) is 17.2 Å². The van der Waals surface area contributed by atoms with Crippen molar-refractivity contribution in [3.63, 3.8) is 0 Å². The fourth-order valence-corrected chi connectivity index (χ4v) is 2.45. The smallest absolute Gasteiger partial charge is 0.308 e. The van der Waals surface area contributed by atoms with E-state index in [0.717, 1.165) is 0 Å². The van der Waals surface area contributed by atoms with E-state index in [-0.39, 0.29) is 26.8 Å². The summed E-state index contributed by atoms with van der Waals surface area (Å²) in [5.41, 5.74) is 3.28. The number of rotatable bonds is 6. The highest BCUT2D eigenvalue weighted by atomic mass is 35.5. The molecule has 0 unspecified atom stereocenters. The highest BCUT2D eigenvalue weighted by molar-refractivity contribution is 6.42. The van der Waals surface area contributed by atoms with Gasteiger partial charge < -0.3 is 14.2 Å². The number of nitrogens with zero attached hydrogens (tertiary/aromatic N) is 2. The van der Waals surface area contributed by atoms with E-state index in [2.05, 4.69) is 15.5 Å². The zero-order valence-corrected chi connectivity index (χ0v) is 16.2. The lowest BCUT2D eigenvalue weighted by Crippen LogP contribution is -2.05. The van der Waals surface area contributed by atoms with Crippen LogP contribution in [0.4, 0.5) is 5.82 Å². The van der Waals surface area contributed by atoms with Crippen LogP contribution in [0.2, 0.25) is 15.2 Å². The van der Waals surface area contributed by atoms with Crippen molar-refractivity contribution in [1.82, 2.24) is 4.98 Å². The fraction of sp³-hybridized carbons (Fsp3) is 0.188. The molecule has 1 aromatic carbocycles. The predicted molar refractivity (Wildman–Crippen MR) is 101 cm³/mol. The summed E-state index contributed by atoms with van der Waals surface area (Å²) in [7, 11) is 2.89. The summed E-state index contributed by atoms with van der Waals surface area (Å²) in [4.78, 5) is 15.2. The number of anilines is 1. The van der Waals surface area contributed by atoms with Crippen LogP contribution in [0.3, 0.4) is 0 Å². The van der Waals surface area contributed by atoms with Gasteiger partial charge in [0.2, 0.25) is 5.75 Å². The molecule has 2 aromatic rings. The van der Waals surface area contributed by atoms with E-state index in [9.17, 15) is 4.79 Å². The molecule has 0 saturated carbocycles. The number of esters is 1. The number of nitrogens with one attached hydrogen (secondary N) is 1. The van der Waals surface area contributed by atoms with E-state index >= 15 is 0 Å². The van der Waals surface area contributed by atoms with Gasteiger partial charge in [-0.05, 0) is 18.2 Å². The third-order valence-electron chi connectivity index (χ3n) is 3.00. The molecular formula is C16H14Cl3N3O4. The van der Waals surface area contributed by atoms with E-state index < -0.39 is 5.97 Å². The van der Waals surface area contributed by atoms with Crippen molar-refractivity contribution in [2.75, 3.05) is 19.6 Å². The van der Waals surface area contributed by atoms with Gasteiger partial charge in [-0.15, -0.1) is 0 Å². The molecule has 0 spiro atoms. The lowest BCUT2D eigenvalue weighted by Gasteiger charge is -2.13. The van der Waals surface area contributed by atoms with Crippen molar-refractivity contribution in [3.05, 3.63) is 39.0 Å². The fourth-order valence-electron chi connectivity index (χ4n) is 1.91. The second-order valence-corrected chi connectivity index (χ2v) is 5.98. The standard InChI is InChI=1S/C16H14Cl3N3O4/c1-8(23)26-14-12(24-2)4-9(5-13(14)25-3)7-20-22-16-11(18)6-10(17)15(19)21-16/h4-7H,1-3H3,(H,21,22). The number of methoxy groups -OCH3 is 2. The zero-order chi connectivity index (χ0) is 19.3. The molecular weight excluding hydrogens is 405 g/mol. The number of halogens is 3. The average Bonchev–Trinajstić information content (AvgIpc) is 2.59. The van der Waals surface area contributed by atoms with E-state index in [1.807, 2.05) is 0 Å². The van der Waals surface area contributed by atoms with E-state index in [0.29, 0.717) is 17.1 Å². The van der Waals surface area contributed by atoms with Gasteiger partial charge in [-0.25, -0.2) is 4.98 Å². The number of aromatic nitrogens is 1. The van der Waals surface area contributed by atoms with Crippen molar-refractivity contribution in [2.24, 2.45) is 5.10 Å². The third-order valence-corrected chi connectivity index (χ3v) is 3.96. The lowest BCUT2D eigenvalue weighted by molar-refractivity contribution is -0.132. The minimum absolute atomic E-state index is 0.0999. The van der Waals surface area contributed by atoms with Gasteiger partial charge in [0.05, 0.1) is 30.5 Å². The molecule has 0 amide bonds. The second kappa shape index (κ2) is 8.93. The molecule has 138 valence electrons. The van der Waals surface area contributed by atoms with Crippen LogP contribution in [0.25, 0.3) is 0 Å². The molecule has 0 radical (unpaired) electrons. The van der Waals surface area contributed by atoms with Gasteiger partial charge in [-0.1, -0.05) is 34.8 Å². The van der Waals surface area contributed by atoms with Crippen LogP contribution in [0.5, 0.6) is 17.2 Å². The Morgan fingerprint density at radius 2 is 1.73 bits per heavy atom. The third kappa shape index (κ3) is 4.91. The van der Waals surface area contributed by atoms with Crippen molar-refractivity contribution in [2.45, 2.75) is 6.92 Å². The molecule has 1 heterocycles. The summed E-state index contributed by atoms with van der Waals surface area (Å²) in [6, 6.07) is 4.70. The predicted octanol–water partition coefficient (Wildman–Crippen LogP) is 4.43. The second-order valence-electron chi connectivity index (χ2n) is 4.81. The Hall–Kier alpha value is -2.22. The highest BCUT2D eigenvalue weighted by Crippen LogP contribution is 2.38. The monoisotopic (exact) mass is 417 g/mol. The first-order chi connectivity index (χ1) is 12.3. The van der Waals surface area contributed by atoms with Gasteiger partial charge in [0.25, 0.3) is 0 Å². The molecule has 2 rings (SSSR count). The number of benzene rings is 1. The molecule has 0 atom stereocenters. The number of carbonyl (C=O) groups excluding carboxylic acids is 1. The molecule has 1 aromatic heterocycles. The molecule has 0 aliphatic rings. The number of pyridine rings is 1. The molecule has 0 fully saturated rings. The molecule has 26 heavy (non-hydrogen) atoms. The Morgan fingerprint density at radius 1 is 1.12 bits per heavy atom. The number of carbonyl (C=O) groups is 1. The summed E-state index contributed by atoms with van der Waals surface area (Å²) >= 11 is 17.7. The summed E-state index contributed by atoms with van der Waals surface area (Å²) in [5.74, 6) is 0.554. The Bertz CT molecular complexity index is 834. The minimum Gasteiger partial charge on any atom is -0.493 e. The quantitative estimate of drug-likeness (QED) is 0.246. The van der Waals surface area contributed by atoms with Crippen LogP contribution in [0, 0.1) is 0 Å². The van der Waals surface area contributed by atoms with Crippen LogP contribution in [0.1, 0.15) is 12.5 Å². The number of hydrogen-bond donors (Lipinski definition) is 1. The minimum atomic E-state index is -0.495.